The molecular weight excluding hydrogens is 292 g/mol. The second kappa shape index (κ2) is 7.65. The largest absolute Gasteiger partial charge is 0.496 e. The van der Waals surface area contributed by atoms with Crippen LogP contribution in [0, 0.1) is 0 Å². The van der Waals surface area contributed by atoms with E-state index in [4.69, 9.17) is 4.74 Å². The summed E-state index contributed by atoms with van der Waals surface area (Å²) in [6.07, 6.45) is 4.14. The van der Waals surface area contributed by atoms with Crippen molar-refractivity contribution in [2.45, 2.75) is 12.8 Å². The van der Waals surface area contributed by atoms with Crippen LogP contribution in [0.15, 0.2) is 84.9 Å². The normalized spacial score (nSPS) is 11.1. The molecule has 0 saturated heterocycles. The van der Waals surface area contributed by atoms with E-state index in [-0.39, 0.29) is 5.92 Å². The number of rotatable bonds is 5. The van der Waals surface area contributed by atoms with Gasteiger partial charge in [0, 0.05) is 11.5 Å². The molecule has 0 aliphatic carbocycles. The molecule has 0 spiro atoms. The van der Waals surface area contributed by atoms with Crippen LogP contribution in [0.4, 0.5) is 0 Å². The molecular formula is C23H22O. The standard InChI is InChI=1S/C23H22O/c1-3-10-20-17-21(15-16-22(20)24-2)23(18-11-6-4-7-12-18)19-13-8-5-9-14-19/h3-17,23H,1-2H3/b10-3-. The zero-order valence-electron chi connectivity index (χ0n) is 14.1. The zero-order valence-corrected chi connectivity index (χ0v) is 14.1. The van der Waals surface area contributed by atoms with E-state index >= 15 is 0 Å². The summed E-state index contributed by atoms with van der Waals surface area (Å²) in [5.74, 6) is 1.11. The van der Waals surface area contributed by atoms with E-state index in [1.165, 1.54) is 16.7 Å². The van der Waals surface area contributed by atoms with E-state index in [2.05, 4.69) is 84.9 Å². The molecule has 3 aromatic carbocycles. The molecule has 0 aliphatic heterocycles. The topological polar surface area (TPSA) is 9.23 Å². The quantitative estimate of drug-likeness (QED) is 0.532. The molecule has 1 nitrogen and oxygen atoms in total. The third-order valence-corrected chi connectivity index (χ3v) is 4.20. The molecule has 0 fully saturated rings. The second-order valence-corrected chi connectivity index (χ2v) is 5.76. The van der Waals surface area contributed by atoms with Gasteiger partial charge in [0.15, 0.2) is 0 Å². The van der Waals surface area contributed by atoms with E-state index in [1.807, 2.05) is 13.0 Å². The summed E-state index contributed by atoms with van der Waals surface area (Å²) in [4.78, 5) is 0. The number of hydrogen-bond donors (Lipinski definition) is 0. The molecule has 0 radical (unpaired) electrons. The van der Waals surface area contributed by atoms with E-state index in [0.717, 1.165) is 11.3 Å². The van der Waals surface area contributed by atoms with Gasteiger partial charge in [-0.3, -0.25) is 0 Å². The van der Waals surface area contributed by atoms with Gasteiger partial charge in [0.05, 0.1) is 7.11 Å². The second-order valence-electron chi connectivity index (χ2n) is 5.76. The van der Waals surface area contributed by atoms with E-state index in [9.17, 15) is 0 Å². The number of ether oxygens (including phenoxy) is 1. The predicted octanol–water partition coefficient (Wildman–Crippen LogP) is 5.91. The zero-order chi connectivity index (χ0) is 16.8. The van der Waals surface area contributed by atoms with Gasteiger partial charge in [-0.1, -0.05) is 78.9 Å². The Hall–Kier alpha value is -2.80. The molecule has 3 rings (SSSR count). The van der Waals surface area contributed by atoms with Crippen LogP contribution >= 0.6 is 0 Å². The highest BCUT2D eigenvalue weighted by Crippen LogP contribution is 2.34. The third kappa shape index (κ3) is 3.41. The van der Waals surface area contributed by atoms with Crippen molar-refractivity contribution >= 4 is 6.08 Å². The lowest BCUT2D eigenvalue weighted by Crippen LogP contribution is -2.04. The van der Waals surface area contributed by atoms with Gasteiger partial charge in [-0.05, 0) is 35.7 Å². The fourth-order valence-electron chi connectivity index (χ4n) is 3.11. The van der Waals surface area contributed by atoms with Gasteiger partial charge in [-0.15, -0.1) is 0 Å². The van der Waals surface area contributed by atoms with Crippen LogP contribution in [0.3, 0.4) is 0 Å². The molecule has 120 valence electrons. The van der Waals surface area contributed by atoms with E-state index in [1.54, 1.807) is 7.11 Å². The first-order valence-corrected chi connectivity index (χ1v) is 8.24. The van der Waals surface area contributed by atoms with Gasteiger partial charge in [0.25, 0.3) is 0 Å². The van der Waals surface area contributed by atoms with Crippen molar-refractivity contribution in [1.29, 1.82) is 0 Å². The average Bonchev–Trinajstić information content (AvgIpc) is 2.64. The van der Waals surface area contributed by atoms with Gasteiger partial charge in [-0.2, -0.15) is 0 Å². The first kappa shape index (κ1) is 16.1. The van der Waals surface area contributed by atoms with Crippen LogP contribution in [-0.4, -0.2) is 7.11 Å². The van der Waals surface area contributed by atoms with E-state index in [0.29, 0.717) is 0 Å². The monoisotopic (exact) mass is 314 g/mol. The lowest BCUT2D eigenvalue weighted by atomic mass is 9.84. The van der Waals surface area contributed by atoms with Crippen LogP contribution in [-0.2, 0) is 0 Å². The maximum absolute atomic E-state index is 5.49. The Kier molecular flexibility index (Phi) is 5.12. The van der Waals surface area contributed by atoms with Crippen LogP contribution < -0.4 is 4.74 Å². The van der Waals surface area contributed by atoms with Crippen molar-refractivity contribution in [3.8, 4) is 5.75 Å². The van der Waals surface area contributed by atoms with Gasteiger partial charge in [-0.25, -0.2) is 0 Å². The molecule has 0 unspecified atom stereocenters. The van der Waals surface area contributed by atoms with Crippen LogP contribution in [0.25, 0.3) is 6.08 Å². The van der Waals surface area contributed by atoms with Crippen molar-refractivity contribution < 1.29 is 4.74 Å². The van der Waals surface area contributed by atoms with Crippen LogP contribution in [0.2, 0.25) is 0 Å². The highest BCUT2D eigenvalue weighted by molar-refractivity contribution is 5.60. The SMILES string of the molecule is C/C=C\c1cc(C(c2ccccc2)c2ccccc2)ccc1OC. The predicted molar refractivity (Wildman–Crippen MR) is 102 cm³/mol. The molecule has 24 heavy (non-hydrogen) atoms. The van der Waals surface area contributed by atoms with Crippen molar-refractivity contribution in [2.75, 3.05) is 7.11 Å². The molecule has 0 saturated carbocycles. The molecule has 0 heterocycles. The highest BCUT2D eigenvalue weighted by atomic mass is 16.5. The number of methoxy groups -OCH3 is 1. The third-order valence-electron chi connectivity index (χ3n) is 4.20. The minimum absolute atomic E-state index is 0.210. The van der Waals surface area contributed by atoms with Crippen LogP contribution in [0.1, 0.15) is 35.1 Å². The Morgan fingerprint density at radius 1 is 0.750 bits per heavy atom. The lowest BCUT2D eigenvalue weighted by molar-refractivity contribution is 0.413. The number of benzene rings is 3. The fraction of sp³-hybridized carbons (Fsp3) is 0.130. The Morgan fingerprint density at radius 2 is 1.33 bits per heavy atom. The maximum Gasteiger partial charge on any atom is 0.126 e. The summed E-state index contributed by atoms with van der Waals surface area (Å²) in [5.41, 5.74) is 4.95. The summed E-state index contributed by atoms with van der Waals surface area (Å²) >= 11 is 0. The molecule has 0 amide bonds. The van der Waals surface area contributed by atoms with Gasteiger partial charge in [0.2, 0.25) is 0 Å². The Labute approximate surface area is 144 Å². The van der Waals surface area contributed by atoms with Crippen molar-refractivity contribution in [1.82, 2.24) is 0 Å². The Balaban J connectivity index is 2.15. The summed E-state index contributed by atoms with van der Waals surface area (Å²) in [7, 11) is 1.72. The smallest absolute Gasteiger partial charge is 0.126 e. The lowest BCUT2D eigenvalue weighted by Gasteiger charge is -2.20. The number of hydrogen-bond acceptors (Lipinski definition) is 1. The molecule has 0 atom stereocenters. The summed E-state index contributed by atoms with van der Waals surface area (Å²) in [6.45, 7) is 2.03. The Morgan fingerprint density at radius 3 is 1.83 bits per heavy atom. The number of allylic oxidation sites excluding steroid dienone is 1. The molecule has 0 aliphatic rings. The first-order valence-electron chi connectivity index (χ1n) is 8.24. The highest BCUT2D eigenvalue weighted by Gasteiger charge is 2.17. The summed E-state index contributed by atoms with van der Waals surface area (Å²) in [6, 6.07) is 27.7. The van der Waals surface area contributed by atoms with Crippen LogP contribution in [0.5, 0.6) is 5.75 Å². The van der Waals surface area contributed by atoms with E-state index < -0.39 is 0 Å². The van der Waals surface area contributed by atoms with Crippen molar-refractivity contribution in [2.24, 2.45) is 0 Å². The molecule has 1 heteroatoms. The van der Waals surface area contributed by atoms with Gasteiger partial charge in [0.1, 0.15) is 5.75 Å². The van der Waals surface area contributed by atoms with Crippen molar-refractivity contribution in [3.63, 3.8) is 0 Å². The molecule has 0 N–H and O–H groups in total. The first-order chi connectivity index (χ1) is 11.8. The Bertz CT molecular complexity index is 764. The fourth-order valence-corrected chi connectivity index (χ4v) is 3.11. The van der Waals surface area contributed by atoms with Crippen molar-refractivity contribution in [3.05, 3.63) is 107 Å². The van der Waals surface area contributed by atoms with Gasteiger partial charge >= 0.3 is 0 Å². The maximum atomic E-state index is 5.49. The average molecular weight is 314 g/mol. The summed E-state index contributed by atoms with van der Waals surface area (Å²) < 4.78 is 5.49. The molecule has 0 aromatic heterocycles. The summed E-state index contributed by atoms with van der Waals surface area (Å²) in [5, 5.41) is 0. The molecule has 3 aromatic rings. The molecule has 0 bridgehead atoms. The minimum atomic E-state index is 0.210. The minimum Gasteiger partial charge on any atom is -0.496 e. The van der Waals surface area contributed by atoms with Gasteiger partial charge < -0.3 is 4.74 Å².